The van der Waals surface area contributed by atoms with E-state index in [1.807, 2.05) is 35.7 Å². The molecule has 0 saturated carbocycles. The van der Waals surface area contributed by atoms with Gasteiger partial charge < -0.3 is 5.11 Å². The number of aromatic nitrogens is 1. The van der Waals surface area contributed by atoms with Gasteiger partial charge in [0.05, 0.1) is 11.9 Å². The van der Waals surface area contributed by atoms with E-state index in [2.05, 4.69) is 15.5 Å². The predicted octanol–water partition coefficient (Wildman–Crippen LogP) is 4.92. The fraction of sp³-hybridized carbons (Fsp3) is 0.0588. The number of hydrazone groups is 1. The van der Waals surface area contributed by atoms with Gasteiger partial charge in [-0.15, -0.1) is 11.3 Å². The minimum atomic E-state index is 0.132. The van der Waals surface area contributed by atoms with Crippen molar-refractivity contribution in [1.82, 2.24) is 4.98 Å². The first-order valence-corrected chi connectivity index (χ1v) is 8.19. The SMILES string of the molecule is Cc1c(Cl)ccc(C=NNc2nc(-c3ccccc3)cs2)c1O. The fourth-order valence-electron chi connectivity index (χ4n) is 2.02. The van der Waals surface area contributed by atoms with Crippen LogP contribution < -0.4 is 5.43 Å². The highest BCUT2D eigenvalue weighted by molar-refractivity contribution is 7.14. The Morgan fingerprint density at radius 3 is 2.78 bits per heavy atom. The molecule has 3 aromatic rings. The number of phenolic OH excluding ortho intramolecular Hbond substituents is 1. The van der Waals surface area contributed by atoms with Crippen LogP contribution in [0.5, 0.6) is 5.75 Å². The van der Waals surface area contributed by atoms with Crippen molar-refractivity contribution >= 4 is 34.3 Å². The number of thiazole rings is 1. The number of halogens is 1. The van der Waals surface area contributed by atoms with Crippen LogP contribution in [0.2, 0.25) is 5.02 Å². The van der Waals surface area contributed by atoms with E-state index < -0.39 is 0 Å². The van der Waals surface area contributed by atoms with E-state index in [1.54, 1.807) is 25.3 Å². The van der Waals surface area contributed by atoms with Crippen molar-refractivity contribution in [3.05, 3.63) is 64.0 Å². The average Bonchev–Trinajstić information content (AvgIpc) is 3.05. The molecule has 0 amide bonds. The maximum Gasteiger partial charge on any atom is 0.203 e. The van der Waals surface area contributed by atoms with Gasteiger partial charge >= 0.3 is 0 Å². The summed E-state index contributed by atoms with van der Waals surface area (Å²) < 4.78 is 0. The van der Waals surface area contributed by atoms with Gasteiger partial charge in [0.25, 0.3) is 0 Å². The molecule has 3 rings (SSSR count). The zero-order valence-electron chi connectivity index (χ0n) is 12.3. The van der Waals surface area contributed by atoms with E-state index in [1.165, 1.54) is 11.3 Å². The third-order valence-electron chi connectivity index (χ3n) is 3.33. The average molecular weight is 344 g/mol. The molecule has 0 aliphatic carbocycles. The summed E-state index contributed by atoms with van der Waals surface area (Å²) in [6, 6.07) is 13.4. The van der Waals surface area contributed by atoms with Gasteiger partial charge in [-0.2, -0.15) is 5.10 Å². The molecule has 23 heavy (non-hydrogen) atoms. The van der Waals surface area contributed by atoms with E-state index in [0.717, 1.165) is 11.3 Å². The summed E-state index contributed by atoms with van der Waals surface area (Å²) in [6.45, 7) is 1.76. The highest BCUT2D eigenvalue weighted by Crippen LogP contribution is 2.28. The molecule has 0 aliphatic rings. The Kier molecular flexibility index (Phi) is 4.60. The Morgan fingerprint density at radius 1 is 1.22 bits per heavy atom. The van der Waals surface area contributed by atoms with Crippen molar-refractivity contribution < 1.29 is 5.11 Å². The van der Waals surface area contributed by atoms with Gasteiger partial charge in [0.2, 0.25) is 5.13 Å². The van der Waals surface area contributed by atoms with Crippen molar-refractivity contribution in [2.75, 3.05) is 5.43 Å². The molecule has 0 saturated heterocycles. The van der Waals surface area contributed by atoms with Crippen molar-refractivity contribution in [3.63, 3.8) is 0 Å². The zero-order valence-corrected chi connectivity index (χ0v) is 13.9. The zero-order chi connectivity index (χ0) is 16.2. The number of phenols is 1. The molecule has 2 aromatic carbocycles. The lowest BCUT2D eigenvalue weighted by Crippen LogP contribution is -1.92. The Bertz CT molecular complexity index is 846. The Morgan fingerprint density at radius 2 is 2.00 bits per heavy atom. The summed E-state index contributed by atoms with van der Waals surface area (Å²) in [4.78, 5) is 4.48. The number of aromatic hydroxyl groups is 1. The summed E-state index contributed by atoms with van der Waals surface area (Å²) in [5.74, 6) is 0.132. The fourth-order valence-corrected chi connectivity index (χ4v) is 2.85. The van der Waals surface area contributed by atoms with Crippen LogP contribution in [0.15, 0.2) is 52.9 Å². The third kappa shape index (κ3) is 3.52. The highest BCUT2D eigenvalue weighted by atomic mass is 35.5. The van der Waals surface area contributed by atoms with Gasteiger partial charge in [0.15, 0.2) is 0 Å². The maximum absolute atomic E-state index is 10.0. The molecule has 1 heterocycles. The first kappa shape index (κ1) is 15.5. The van der Waals surface area contributed by atoms with Gasteiger partial charge in [-0.25, -0.2) is 4.98 Å². The standard InChI is InChI=1S/C17H14ClN3OS/c1-11-14(18)8-7-13(16(11)22)9-19-21-17-20-15(10-23-17)12-5-3-2-4-6-12/h2-10,22H,1H3,(H,20,21). The molecule has 1 aromatic heterocycles. The lowest BCUT2D eigenvalue weighted by Gasteiger charge is -2.04. The van der Waals surface area contributed by atoms with Gasteiger partial charge in [-0.1, -0.05) is 41.9 Å². The summed E-state index contributed by atoms with van der Waals surface area (Å²) in [5, 5.41) is 17.3. The van der Waals surface area contributed by atoms with Crippen molar-refractivity contribution in [2.24, 2.45) is 5.10 Å². The van der Waals surface area contributed by atoms with Crippen molar-refractivity contribution in [1.29, 1.82) is 0 Å². The molecule has 0 atom stereocenters. The van der Waals surface area contributed by atoms with E-state index in [4.69, 9.17) is 11.6 Å². The molecule has 4 nitrogen and oxygen atoms in total. The smallest absolute Gasteiger partial charge is 0.203 e. The van der Waals surface area contributed by atoms with E-state index >= 15 is 0 Å². The number of nitrogens with zero attached hydrogens (tertiary/aromatic N) is 2. The lowest BCUT2D eigenvalue weighted by atomic mass is 10.1. The van der Waals surface area contributed by atoms with E-state index in [9.17, 15) is 5.11 Å². The van der Waals surface area contributed by atoms with Gasteiger partial charge in [0.1, 0.15) is 5.75 Å². The molecule has 0 radical (unpaired) electrons. The van der Waals surface area contributed by atoms with Gasteiger partial charge in [-0.05, 0) is 19.1 Å². The van der Waals surface area contributed by atoms with Crippen LogP contribution in [0, 0.1) is 6.92 Å². The number of hydrogen-bond donors (Lipinski definition) is 2. The number of hydrogen-bond acceptors (Lipinski definition) is 5. The minimum Gasteiger partial charge on any atom is -0.507 e. The van der Waals surface area contributed by atoms with Crippen LogP contribution >= 0.6 is 22.9 Å². The molecule has 0 aliphatic heterocycles. The third-order valence-corrected chi connectivity index (χ3v) is 4.49. The summed E-state index contributed by atoms with van der Waals surface area (Å²) >= 11 is 7.42. The van der Waals surface area contributed by atoms with E-state index in [-0.39, 0.29) is 5.75 Å². The monoisotopic (exact) mass is 343 g/mol. The largest absolute Gasteiger partial charge is 0.507 e. The van der Waals surface area contributed by atoms with Crippen LogP contribution in [0.1, 0.15) is 11.1 Å². The second-order valence-electron chi connectivity index (χ2n) is 4.88. The van der Waals surface area contributed by atoms with E-state index in [0.29, 0.717) is 21.3 Å². The normalized spacial score (nSPS) is 11.0. The van der Waals surface area contributed by atoms with Crippen LogP contribution in [0.4, 0.5) is 5.13 Å². The van der Waals surface area contributed by atoms with Gasteiger partial charge in [-0.3, -0.25) is 5.43 Å². The number of benzene rings is 2. The summed E-state index contributed by atoms with van der Waals surface area (Å²) in [5.41, 5.74) is 6.07. The quantitative estimate of drug-likeness (QED) is 0.522. The molecule has 2 N–H and O–H groups in total. The molecule has 0 bridgehead atoms. The molecular formula is C17H14ClN3OS. The minimum absolute atomic E-state index is 0.132. The molecule has 0 unspecified atom stereocenters. The Labute approximate surface area is 143 Å². The molecule has 0 spiro atoms. The summed E-state index contributed by atoms with van der Waals surface area (Å²) in [6.07, 6.45) is 1.54. The maximum atomic E-state index is 10.0. The lowest BCUT2D eigenvalue weighted by molar-refractivity contribution is 0.470. The molecule has 6 heteroatoms. The number of anilines is 1. The predicted molar refractivity (Wildman–Crippen MR) is 96.6 cm³/mol. The first-order chi connectivity index (χ1) is 11.1. The van der Waals surface area contributed by atoms with Crippen LogP contribution in [0.25, 0.3) is 11.3 Å². The Balaban J connectivity index is 1.72. The molecular weight excluding hydrogens is 330 g/mol. The Hall–Kier alpha value is -2.37. The van der Waals surface area contributed by atoms with Crippen LogP contribution in [-0.4, -0.2) is 16.3 Å². The topological polar surface area (TPSA) is 57.5 Å². The summed E-state index contributed by atoms with van der Waals surface area (Å²) in [7, 11) is 0. The van der Waals surface area contributed by atoms with Crippen molar-refractivity contribution in [2.45, 2.75) is 6.92 Å². The second kappa shape index (κ2) is 6.81. The second-order valence-corrected chi connectivity index (χ2v) is 6.15. The van der Waals surface area contributed by atoms with Gasteiger partial charge in [0, 0.05) is 27.1 Å². The van der Waals surface area contributed by atoms with Crippen molar-refractivity contribution in [3.8, 4) is 17.0 Å². The number of nitrogens with one attached hydrogen (secondary N) is 1. The molecule has 0 fully saturated rings. The van der Waals surface area contributed by atoms with Crippen LogP contribution in [-0.2, 0) is 0 Å². The highest BCUT2D eigenvalue weighted by Gasteiger charge is 2.06. The molecule has 116 valence electrons. The number of rotatable bonds is 4. The first-order valence-electron chi connectivity index (χ1n) is 6.93. The van der Waals surface area contributed by atoms with Crippen LogP contribution in [0.3, 0.4) is 0 Å².